The molecule has 0 saturated heterocycles. The highest BCUT2D eigenvalue weighted by Gasteiger charge is 2.60. The average Bonchev–Trinajstić information content (AvgIpc) is 2.22. The molecule has 2 atom stereocenters. The fourth-order valence-electron chi connectivity index (χ4n) is 6.25. The third-order valence-corrected chi connectivity index (χ3v) is 5.82. The molecule has 4 aliphatic carbocycles. The number of hydrogen-bond acceptors (Lipinski definition) is 1. The molecule has 0 aromatic rings. The van der Waals surface area contributed by atoms with E-state index < -0.39 is 0 Å². The third-order valence-electron chi connectivity index (χ3n) is 5.82. The predicted octanol–water partition coefficient (Wildman–Crippen LogP) is 3.83. The SMILES string of the molecule is CCCCNC(=O)NC12CC3CC(C)(CC(C)(C3)C1)C2. The van der Waals surface area contributed by atoms with Crippen molar-refractivity contribution in [2.75, 3.05) is 6.54 Å². The topological polar surface area (TPSA) is 41.1 Å². The van der Waals surface area contributed by atoms with Crippen molar-refractivity contribution < 1.29 is 4.79 Å². The summed E-state index contributed by atoms with van der Waals surface area (Å²) in [5, 5.41) is 6.42. The molecule has 2 N–H and O–H groups in total. The van der Waals surface area contributed by atoms with Gasteiger partial charge in [0.1, 0.15) is 0 Å². The third kappa shape index (κ3) is 2.56. The molecular weight excluding hydrogens is 248 g/mol. The number of rotatable bonds is 4. The summed E-state index contributed by atoms with van der Waals surface area (Å²) >= 11 is 0. The Hall–Kier alpha value is -0.730. The molecule has 0 spiro atoms. The summed E-state index contributed by atoms with van der Waals surface area (Å²) < 4.78 is 0. The first-order valence-corrected chi connectivity index (χ1v) is 8.42. The summed E-state index contributed by atoms with van der Waals surface area (Å²) in [6.07, 6.45) is 9.90. The van der Waals surface area contributed by atoms with E-state index in [9.17, 15) is 4.79 Å². The van der Waals surface area contributed by atoms with Crippen molar-refractivity contribution in [1.29, 1.82) is 0 Å². The lowest BCUT2D eigenvalue weighted by molar-refractivity contribution is -0.113. The largest absolute Gasteiger partial charge is 0.338 e. The van der Waals surface area contributed by atoms with Crippen molar-refractivity contribution in [3.63, 3.8) is 0 Å². The lowest BCUT2D eigenvalue weighted by Gasteiger charge is -2.65. The van der Waals surface area contributed by atoms with Gasteiger partial charge < -0.3 is 10.6 Å². The number of carbonyl (C=O) groups is 1. The van der Waals surface area contributed by atoms with Gasteiger partial charge in [0.15, 0.2) is 0 Å². The number of carbonyl (C=O) groups excluding carboxylic acids is 1. The number of amides is 2. The van der Waals surface area contributed by atoms with Gasteiger partial charge in [0.2, 0.25) is 0 Å². The van der Waals surface area contributed by atoms with Crippen molar-refractivity contribution >= 4 is 6.03 Å². The summed E-state index contributed by atoms with van der Waals surface area (Å²) in [6, 6.07) is 0.0626. The standard InChI is InChI=1S/C17H30N2O/c1-4-5-6-18-14(20)19-17-9-13-7-15(2,11-17)10-16(3,8-13)12-17/h13H,4-12H2,1-3H3,(H2,18,19,20). The van der Waals surface area contributed by atoms with E-state index in [0.717, 1.165) is 25.3 Å². The summed E-state index contributed by atoms with van der Waals surface area (Å²) in [5.41, 5.74) is 1.01. The summed E-state index contributed by atoms with van der Waals surface area (Å²) in [6.45, 7) is 7.85. The highest BCUT2D eigenvalue weighted by molar-refractivity contribution is 5.74. The summed E-state index contributed by atoms with van der Waals surface area (Å²) in [4.78, 5) is 12.2. The fourth-order valence-corrected chi connectivity index (χ4v) is 6.25. The van der Waals surface area contributed by atoms with Crippen molar-refractivity contribution in [1.82, 2.24) is 10.6 Å². The first-order valence-electron chi connectivity index (χ1n) is 8.42. The highest BCUT2D eigenvalue weighted by Crippen LogP contribution is 2.66. The Bertz CT molecular complexity index is 388. The lowest BCUT2D eigenvalue weighted by atomic mass is 9.43. The van der Waals surface area contributed by atoms with Crippen LogP contribution in [0.15, 0.2) is 0 Å². The van der Waals surface area contributed by atoms with Crippen molar-refractivity contribution in [2.24, 2.45) is 16.7 Å². The van der Waals surface area contributed by atoms with E-state index in [1.165, 1.54) is 38.5 Å². The minimum Gasteiger partial charge on any atom is -0.338 e. The molecule has 0 aromatic carbocycles. The van der Waals surface area contributed by atoms with Gasteiger partial charge >= 0.3 is 6.03 Å². The first kappa shape index (κ1) is 14.2. The maximum Gasteiger partial charge on any atom is 0.315 e. The zero-order valence-corrected chi connectivity index (χ0v) is 13.3. The van der Waals surface area contributed by atoms with Crippen LogP contribution in [-0.4, -0.2) is 18.1 Å². The van der Waals surface area contributed by atoms with E-state index in [-0.39, 0.29) is 11.6 Å². The molecule has 4 aliphatic rings. The first-order chi connectivity index (χ1) is 9.36. The molecule has 2 unspecified atom stereocenters. The van der Waals surface area contributed by atoms with E-state index >= 15 is 0 Å². The second kappa shape index (κ2) is 4.64. The Labute approximate surface area is 123 Å². The van der Waals surface area contributed by atoms with Crippen LogP contribution in [0, 0.1) is 16.7 Å². The van der Waals surface area contributed by atoms with Crippen LogP contribution < -0.4 is 10.6 Å². The molecule has 3 nitrogen and oxygen atoms in total. The van der Waals surface area contributed by atoms with E-state index in [4.69, 9.17) is 0 Å². The summed E-state index contributed by atoms with van der Waals surface area (Å²) in [5.74, 6) is 0.831. The van der Waals surface area contributed by atoms with Crippen LogP contribution in [-0.2, 0) is 0 Å². The second-order valence-electron chi connectivity index (χ2n) is 8.64. The molecule has 0 aliphatic heterocycles. The molecule has 3 heteroatoms. The van der Waals surface area contributed by atoms with Crippen molar-refractivity contribution in [3.8, 4) is 0 Å². The molecule has 114 valence electrons. The van der Waals surface area contributed by atoms with Gasteiger partial charge in [-0.25, -0.2) is 4.79 Å². The number of hydrogen-bond donors (Lipinski definition) is 2. The van der Waals surface area contributed by atoms with Gasteiger partial charge in [-0.05, 0) is 61.7 Å². The molecule has 0 heterocycles. The van der Waals surface area contributed by atoms with Gasteiger partial charge in [-0.3, -0.25) is 0 Å². The zero-order valence-electron chi connectivity index (χ0n) is 13.3. The quantitative estimate of drug-likeness (QED) is 0.754. The minimum absolute atomic E-state index is 0.0626. The molecule has 0 aromatic heterocycles. The Kier molecular flexibility index (Phi) is 3.30. The number of urea groups is 1. The van der Waals surface area contributed by atoms with Crippen LogP contribution in [0.4, 0.5) is 4.79 Å². The number of nitrogens with one attached hydrogen (secondary N) is 2. The smallest absolute Gasteiger partial charge is 0.315 e. The Morgan fingerprint density at radius 2 is 1.75 bits per heavy atom. The number of unbranched alkanes of at least 4 members (excludes halogenated alkanes) is 1. The molecular formula is C17H30N2O. The van der Waals surface area contributed by atoms with Gasteiger partial charge in [0.05, 0.1) is 0 Å². The van der Waals surface area contributed by atoms with Gasteiger partial charge in [-0.1, -0.05) is 27.2 Å². The zero-order chi connectivity index (χ0) is 14.4. The Morgan fingerprint density at radius 1 is 1.10 bits per heavy atom. The molecule has 4 rings (SSSR count). The van der Waals surface area contributed by atoms with Gasteiger partial charge in [-0.15, -0.1) is 0 Å². The Balaban J connectivity index is 1.68. The van der Waals surface area contributed by atoms with Crippen LogP contribution in [0.25, 0.3) is 0 Å². The monoisotopic (exact) mass is 278 g/mol. The Morgan fingerprint density at radius 3 is 2.30 bits per heavy atom. The van der Waals surface area contributed by atoms with Crippen molar-refractivity contribution in [3.05, 3.63) is 0 Å². The van der Waals surface area contributed by atoms with Crippen LogP contribution in [0.5, 0.6) is 0 Å². The van der Waals surface area contributed by atoms with E-state index in [2.05, 4.69) is 31.4 Å². The molecule has 4 saturated carbocycles. The average molecular weight is 278 g/mol. The van der Waals surface area contributed by atoms with Gasteiger partial charge in [0.25, 0.3) is 0 Å². The molecule has 4 fully saturated rings. The second-order valence-corrected chi connectivity index (χ2v) is 8.64. The van der Waals surface area contributed by atoms with Crippen LogP contribution in [0.3, 0.4) is 0 Å². The van der Waals surface area contributed by atoms with Crippen LogP contribution >= 0.6 is 0 Å². The molecule has 4 bridgehead atoms. The normalized spacial score (nSPS) is 45.5. The van der Waals surface area contributed by atoms with E-state index in [0.29, 0.717) is 10.8 Å². The van der Waals surface area contributed by atoms with E-state index in [1.807, 2.05) is 0 Å². The lowest BCUT2D eigenvalue weighted by Crippen LogP contribution is -2.66. The van der Waals surface area contributed by atoms with E-state index in [1.54, 1.807) is 0 Å². The van der Waals surface area contributed by atoms with Crippen LogP contribution in [0.2, 0.25) is 0 Å². The maximum atomic E-state index is 12.2. The van der Waals surface area contributed by atoms with Gasteiger partial charge in [-0.2, -0.15) is 0 Å². The molecule has 0 radical (unpaired) electrons. The molecule has 20 heavy (non-hydrogen) atoms. The molecule has 2 amide bonds. The summed E-state index contributed by atoms with van der Waals surface area (Å²) in [7, 11) is 0. The highest BCUT2D eigenvalue weighted by atomic mass is 16.2. The minimum atomic E-state index is 0.0626. The predicted molar refractivity (Wildman–Crippen MR) is 81.6 cm³/mol. The fraction of sp³-hybridized carbons (Fsp3) is 0.941. The van der Waals surface area contributed by atoms with Gasteiger partial charge in [0, 0.05) is 12.1 Å². The maximum absolute atomic E-state index is 12.2. The van der Waals surface area contributed by atoms with Crippen LogP contribution in [0.1, 0.15) is 72.1 Å². The van der Waals surface area contributed by atoms with Crippen molar-refractivity contribution in [2.45, 2.75) is 77.7 Å².